The third-order valence-corrected chi connectivity index (χ3v) is 3.38. The maximum absolute atomic E-state index is 13.7. The highest BCUT2D eigenvalue weighted by atomic mass is 19.1. The fraction of sp³-hybridized carbons (Fsp3) is 0.118. The first-order valence-corrected chi connectivity index (χ1v) is 6.27. The van der Waals surface area contributed by atoms with Gasteiger partial charge in [0.2, 0.25) is 0 Å². The van der Waals surface area contributed by atoms with Crippen LogP contribution in [0.4, 0.5) is 4.39 Å². The molecule has 3 aromatic rings. The van der Waals surface area contributed by atoms with Gasteiger partial charge in [-0.25, -0.2) is 4.39 Å². The molecule has 2 aromatic carbocycles. The van der Waals surface area contributed by atoms with Gasteiger partial charge in [-0.1, -0.05) is 24.3 Å². The maximum atomic E-state index is 13.7. The van der Waals surface area contributed by atoms with Gasteiger partial charge in [-0.05, 0) is 48.6 Å². The van der Waals surface area contributed by atoms with E-state index in [0.717, 1.165) is 22.0 Å². The van der Waals surface area contributed by atoms with Gasteiger partial charge in [0, 0.05) is 17.1 Å². The Kier molecular flexibility index (Phi) is 2.79. The van der Waals surface area contributed by atoms with Crippen molar-refractivity contribution >= 4 is 10.8 Å². The van der Waals surface area contributed by atoms with Crippen LogP contribution in [0.3, 0.4) is 0 Å². The fourth-order valence-electron chi connectivity index (χ4n) is 2.43. The van der Waals surface area contributed by atoms with Crippen LogP contribution >= 0.6 is 0 Å². The van der Waals surface area contributed by atoms with E-state index in [0.29, 0.717) is 11.1 Å². The molecule has 1 heterocycles. The molecule has 0 atom stereocenters. The summed E-state index contributed by atoms with van der Waals surface area (Å²) in [6.07, 6.45) is 1.80. The van der Waals surface area contributed by atoms with Gasteiger partial charge >= 0.3 is 0 Å². The fourth-order valence-corrected chi connectivity index (χ4v) is 2.43. The number of hydrogen-bond donors (Lipinski definition) is 0. The van der Waals surface area contributed by atoms with Gasteiger partial charge in [-0.15, -0.1) is 0 Å². The molecule has 0 aliphatic heterocycles. The minimum absolute atomic E-state index is 0.135. The second-order valence-electron chi connectivity index (χ2n) is 4.80. The van der Waals surface area contributed by atoms with Crippen LogP contribution < -0.4 is 0 Å². The lowest BCUT2D eigenvalue weighted by atomic mass is 10.00. The highest BCUT2D eigenvalue weighted by Gasteiger charge is 2.09. The summed E-state index contributed by atoms with van der Waals surface area (Å²) < 4.78 is 13.7. The first kappa shape index (κ1) is 11.8. The van der Waals surface area contributed by atoms with Gasteiger partial charge < -0.3 is 0 Å². The van der Waals surface area contributed by atoms with E-state index in [-0.39, 0.29) is 5.82 Å². The Bertz CT molecular complexity index is 734. The molecular weight excluding hydrogens is 237 g/mol. The third-order valence-electron chi connectivity index (χ3n) is 3.38. The predicted molar refractivity (Wildman–Crippen MR) is 76.6 cm³/mol. The number of nitrogens with zero attached hydrogens (tertiary/aromatic N) is 1. The van der Waals surface area contributed by atoms with Crippen LogP contribution in [0.15, 0.2) is 48.7 Å². The molecule has 19 heavy (non-hydrogen) atoms. The summed E-state index contributed by atoms with van der Waals surface area (Å²) in [5.74, 6) is -0.135. The van der Waals surface area contributed by atoms with Crippen LogP contribution in [-0.4, -0.2) is 4.98 Å². The van der Waals surface area contributed by atoms with Gasteiger partial charge in [0.05, 0.1) is 5.69 Å². The Morgan fingerprint density at radius 3 is 2.37 bits per heavy atom. The number of benzene rings is 2. The molecule has 1 nitrogen and oxygen atoms in total. The average Bonchev–Trinajstić information content (AvgIpc) is 2.43. The molecule has 0 unspecified atom stereocenters. The van der Waals surface area contributed by atoms with Gasteiger partial charge in [0.1, 0.15) is 5.82 Å². The molecule has 0 aliphatic rings. The monoisotopic (exact) mass is 251 g/mol. The summed E-state index contributed by atoms with van der Waals surface area (Å²) in [6.45, 7) is 3.58. The number of aromatic nitrogens is 1. The topological polar surface area (TPSA) is 12.9 Å². The van der Waals surface area contributed by atoms with Gasteiger partial charge in [0.25, 0.3) is 0 Å². The van der Waals surface area contributed by atoms with Gasteiger partial charge in [-0.2, -0.15) is 0 Å². The lowest BCUT2D eigenvalue weighted by Gasteiger charge is -2.09. The Hall–Kier alpha value is -2.22. The van der Waals surface area contributed by atoms with Crippen LogP contribution in [0.5, 0.6) is 0 Å². The molecule has 0 bridgehead atoms. The largest absolute Gasteiger partial charge is 0.256 e. The number of fused-ring (bicyclic) bond motifs is 1. The summed E-state index contributed by atoms with van der Waals surface area (Å²) in [4.78, 5) is 4.47. The smallest absolute Gasteiger partial charge is 0.129 e. The minimum atomic E-state index is -0.135. The molecule has 3 rings (SSSR count). The summed E-state index contributed by atoms with van der Waals surface area (Å²) in [7, 11) is 0. The zero-order chi connectivity index (χ0) is 13.4. The van der Waals surface area contributed by atoms with E-state index in [1.807, 2.05) is 36.4 Å². The molecule has 1 aromatic heterocycles. The third kappa shape index (κ3) is 1.99. The molecule has 0 spiro atoms. The zero-order valence-corrected chi connectivity index (χ0v) is 10.9. The lowest BCUT2D eigenvalue weighted by molar-refractivity contribution is 0.609. The SMILES string of the molecule is Cc1cc(-c2nccc3ccccc23)cc(C)c1F. The first-order chi connectivity index (χ1) is 9.16. The highest BCUT2D eigenvalue weighted by molar-refractivity contribution is 5.94. The normalized spacial score (nSPS) is 10.9. The molecule has 0 radical (unpaired) electrons. The summed E-state index contributed by atoms with van der Waals surface area (Å²) in [5.41, 5.74) is 3.19. The molecule has 0 amide bonds. The van der Waals surface area contributed by atoms with Crippen molar-refractivity contribution in [3.05, 3.63) is 65.6 Å². The summed E-state index contributed by atoms with van der Waals surface area (Å²) in [6, 6.07) is 13.8. The van der Waals surface area contributed by atoms with Crippen LogP contribution in [-0.2, 0) is 0 Å². The van der Waals surface area contributed by atoms with E-state index < -0.39 is 0 Å². The van der Waals surface area contributed by atoms with Crippen molar-refractivity contribution in [1.29, 1.82) is 0 Å². The van der Waals surface area contributed by atoms with E-state index in [1.54, 1.807) is 20.0 Å². The van der Waals surface area contributed by atoms with E-state index >= 15 is 0 Å². The number of pyridine rings is 1. The van der Waals surface area contributed by atoms with Crippen LogP contribution in [0.2, 0.25) is 0 Å². The molecular formula is C17H14FN. The van der Waals surface area contributed by atoms with E-state index in [2.05, 4.69) is 11.1 Å². The Morgan fingerprint density at radius 2 is 1.63 bits per heavy atom. The molecule has 0 saturated carbocycles. The van der Waals surface area contributed by atoms with Crippen LogP contribution in [0.1, 0.15) is 11.1 Å². The molecule has 0 fully saturated rings. The number of rotatable bonds is 1. The van der Waals surface area contributed by atoms with Crippen molar-refractivity contribution in [1.82, 2.24) is 4.98 Å². The molecule has 0 saturated heterocycles. The van der Waals surface area contributed by atoms with Crippen molar-refractivity contribution in [3.8, 4) is 11.3 Å². The van der Waals surface area contributed by atoms with E-state index in [9.17, 15) is 4.39 Å². The van der Waals surface area contributed by atoms with E-state index in [1.165, 1.54) is 0 Å². The molecule has 0 aliphatic carbocycles. The average molecular weight is 251 g/mol. The van der Waals surface area contributed by atoms with Crippen molar-refractivity contribution < 1.29 is 4.39 Å². The number of aryl methyl sites for hydroxylation is 2. The Labute approximate surface area is 111 Å². The molecule has 94 valence electrons. The van der Waals surface area contributed by atoms with Crippen molar-refractivity contribution in [2.24, 2.45) is 0 Å². The molecule has 2 heteroatoms. The number of halogens is 1. The second-order valence-corrected chi connectivity index (χ2v) is 4.80. The maximum Gasteiger partial charge on any atom is 0.129 e. The minimum Gasteiger partial charge on any atom is -0.256 e. The highest BCUT2D eigenvalue weighted by Crippen LogP contribution is 2.28. The molecule has 0 N–H and O–H groups in total. The summed E-state index contributed by atoms with van der Waals surface area (Å²) in [5, 5.41) is 2.24. The van der Waals surface area contributed by atoms with Gasteiger partial charge in [0.15, 0.2) is 0 Å². The predicted octanol–water partition coefficient (Wildman–Crippen LogP) is 4.66. The lowest BCUT2D eigenvalue weighted by Crippen LogP contribution is -1.92. The zero-order valence-electron chi connectivity index (χ0n) is 10.9. The van der Waals surface area contributed by atoms with Crippen molar-refractivity contribution in [3.63, 3.8) is 0 Å². The van der Waals surface area contributed by atoms with Crippen molar-refractivity contribution in [2.75, 3.05) is 0 Å². The van der Waals surface area contributed by atoms with Crippen LogP contribution in [0.25, 0.3) is 22.0 Å². The Morgan fingerprint density at radius 1 is 0.947 bits per heavy atom. The van der Waals surface area contributed by atoms with Crippen molar-refractivity contribution in [2.45, 2.75) is 13.8 Å². The van der Waals surface area contributed by atoms with Crippen LogP contribution in [0, 0.1) is 19.7 Å². The first-order valence-electron chi connectivity index (χ1n) is 6.27. The Balaban J connectivity index is 2.31. The quantitative estimate of drug-likeness (QED) is 0.613. The standard InChI is InChI=1S/C17H14FN/c1-11-9-14(10-12(2)16(11)18)17-15-6-4-3-5-13(15)7-8-19-17/h3-10H,1-2H3. The second kappa shape index (κ2) is 4.47. The van der Waals surface area contributed by atoms with Gasteiger partial charge in [-0.3, -0.25) is 4.98 Å². The summed E-state index contributed by atoms with van der Waals surface area (Å²) >= 11 is 0. The number of hydrogen-bond acceptors (Lipinski definition) is 1. The van der Waals surface area contributed by atoms with E-state index in [4.69, 9.17) is 0 Å².